The van der Waals surface area contributed by atoms with Gasteiger partial charge in [0.1, 0.15) is 5.78 Å². The van der Waals surface area contributed by atoms with Gasteiger partial charge in [0.25, 0.3) is 0 Å². The van der Waals surface area contributed by atoms with Crippen molar-refractivity contribution in [3.63, 3.8) is 0 Å². The molecule has 0 amide bonds. The molecule has 3 aliphatic carbocycles. The van der Waals surface area contributed by atoms with Gasteiger partial charge in [-0.3, -0.25) is 9.36 Å². The Morgan fingerprint density at radius 2 is 1.39 bits per heavy atom. The van der Waals surface area contributed by atoms with E-state index in [-0.39, 0.29) is 29.4 Å². The molecule has 2 bridgehead atoms. The third kappa shape index (κ3) is 2.65. The summed E-state index contributed by atoms with van der Waals surface area (Å²) < 4.78 is 79.3. The first-order valence-corrected chi connectivity index (χ1v) is 8.38. The first kappa shape index (κ1) is 18.7. The van der Waals surface area contributed by atoms with Crippen molar-refractivity contribution < 1.29 is 41.4 Å². The van der Waals surface area contributed by atoms with Crippen molar-refractivity contribution >= 4 is 5.78 Å². The van der Waals surface area contributed by atoms with Crippen LogP contribution in [0.1, 0.15) is 53.4 Å². The summed E-state index contributed by atoms with van der Waals surface area (Å²) >= 11 is 0. The van der Waals surface area contributed by atoms with E-state index in [1.165, 1.54) is 0 Å². The lowest BCUT2D eigenvalue weighted by molar-refractivity contribution is -0.143. The lowest BCUT2D eigenvalue weighted by Crippen LogP contribution is -2.28. The van der Waals surface area contributed by atoms with Gasteiger partial charge >= 0.3 is 12.4 Å². The minimum absolute atomic E-state index is 0.0335. The zero-order chi connectivity index (χ0) is 20.6. The molecule has 0 spiro atoms. The monoisotopic (exact) mass is 405 g/mol. The summed E-state index contributed by atoms with van der Waals surface area (Å²) in [7, 11) is 0. The van der Waals surface area contributed by atoms with Gasteiger partial charge in [-0.1, -0.05) is 0 Å². The number of Topliss-reactive ketones (excluding diaryl/α,β-unsaturated/α-hetero) is 1. The highest BCUT2D eigenvalue weighted by molar-refractivity contribution is 5.91. The number of hydrogen-bond donors (Lipinski definition) is 2. The molecule has 10 heteroatoms. The number of halogens is 6. The summed E-state index contributed by atoms with van der Waals surface area (Å²) in [6.07, 6.45) is -9.07. The van der Waals surface area contributed by atoms with Crippen LogP contribution < -0.4 is 0 Å². The highest BCUT2D eigenvalue weighted by Crippen LogP contribution is 2.56. The summed E-state index contributed by atoms with van der Waals surface area (Å²) in [5.41, 5.74) is -3.50. The van der Waals surface area contributed by atoms with Crippen molar-refractivity contribution in [2.24, 2.45) is 0 Å². The van der Waals surface area contributed by atoms with Crippen LogP contribution in [0.15, 0.2) is 18.2 Å². The molecular formula is C18H13F6NO3. The van der Waals surface area contributed by atoms with Crippen molar-refractivity contribution in [2.75, 3.05) is 0 Å². The van der Waals surface area contributed by atoms with Crippen LogP contribution in [-0.2, 0) is 17.1 Å². The molecule has 1 heterocycles. The maximum atomic E-state index is 13.1. The van der Waals surface area contributed by atoms with E-state index in [9.17, 15) is 41.4 Å². The Morgan fingerprint density at radius 3 is 1.89 bits per heavy atom. The molecule has 28 heavy (non-hydrogen) atoms. The van der Waals surface area contributed by atoms with Crippen molar-refractivity contribution in [1.29, 1.82) is 0 Å². The topological polar surface area (TPSA) is 62.5 Å². The summed E-state index contributed by atoms with van der Waals surface area (Å²) in [5.74, 6) is -2.66. The van der Waals surface area contributed by atoms with E-state index in [0.29, 0.717) is 29.5 Å². The molecule has 0 unspecified atom stereocenters. The maximum Gasteiger partial charge on any atom is 0.416 e. The number of aromatic nitrogens is 1. The Hall–Kier alpha value is -2.65. The van der Waals surface area contributed by atoms with Gasteiger partial charge in [-0.25, -0.2) is 0 Å². The van der Waals surface area contributed by atoms with Gasteiger partial charge in [0, 0.05) is 23.5 Å². The number of fused-ring (bicyclic) bond motifs is 2. The third-order valence-corrected chi connectivity index (χ3v) is 5.42. The molecule has 150 valence electrons. The fraction of sp³-hybridized carbons (Fsp3) is 0.389. The van der Waals surface area contributed by atoms with Crippen LogP contribution in [0.4, 0.5) is 26.3 Å². The van der Waals surface area contributed by atoms with Crippen molar-refractivity contribution in [1.82, 2.24) is 4.57 Å². The molecule has 1 fully saturated rings. The smallest absolute Gasteiger partial charge is 0.416 e. The Labute approximate surface area is 154 Å². The van der Waals surface area contributed by atoms with Crippen LogP contribution in [0.2, 0.25) is 0 Å². The Morgan fingerprint density at radius 1 is 0.857 bits per heavy atom. The molecule has 2 atom stereocenters. The molecule has 0 aliphatic heterocycles. The number of rotatable bonds is 1. The van der Waals surface area contributed by atoms with Gasteiger partial charge in [-0.15, -0.1) is 0 Å². The standard InChI is InChI=1S/C18H13F6NO3/c19-17(20,21)8-4-9(18(22,23)24)6-10(5-8)25-15(27)13-7-1-2-11(12(26)3-7)14(13)16(25)28/h4-7,11,27-28H,1-3H2/t7-,11+/m0/s1. The van der Waals surface area contributed by atoms with Crippen LogP contribution in [0.25, 0.3) is 5.69 Å². The average Bonchev–Trinajstić information content (AvgIpc) is 2.86. The predicted molar refractivity (Wildman–Crippen MR) is 83.4 cm³/mol. The van der Waals surface area contributed by atoms with Gasteiger partial charge in [0.15, 0.2) is 0 Å². The molecule has 3 aliphatic rings. The number of aromatic hydroxyl groups is 2. The van der Waals surface area contributed by atoms with Crippen LogP contribution >= 0.6 is 0 Å². The SMILES string of the molecule is O=C1C[C@@H]2CC[C@H]1c1c2c(O)n(-c2cc(C(F)(F)F)cc(C(F)(F)F)c2)c1O. The highest BCUT2D eigenvalue weighted by Gasteiger charge is 2.45. The molecule has 1 aromatic carbocycles. The minimum Gasteiger partial charge on any atom is -0.494 e. The molecular weight excluding hydrogens is 392 g/mol. The van der Waals surface area contributed by atoms with E-state index >= 15 is 0 Å². The number of benzene rings is 1. The summed E-state index contributed by atoms with van der Waals surface area (Å²) in [5, 5.41) is 21.1. The molecule has 1 saturated carbocycles. The van der Waals surface area contributed by atoms with Crippen molar-refractivity contribution in [3.8, 4) is 17.4 Å². The van der Waals surface area contributed by atoms with Crippen LogP contribution in [-0.4, -0.2) is 20.6 Å². The van der Waals surface area contributed by atoms with E-state index in [2.05, 4.69) is 0 Å². The number of ketones is 1. The lowest BCUT2D eigenvalue weighted by Gasteiger charge is -2.34. The second-order valence-corrected chi connectivity index (χ2v) is 7.07. The first-order chi connectivity index (χ1) is 12.9. The Balaban J connectivity index is 1.98. The minimum atomic E-state index is -5.07. The largest absolute Gasteiger partial charge is 0.494 e. The summed E-state index contributed by atoms with van der Waals surface area (Å²) in [6, 6.07) is 0.807. The van der Waals surface area contributed by atoms with E-state index in [1.54, 1.807) is 0 Å². The maximum absolute atomic E-state index is 13.1. The number of alkyl halides is 6. The van der Waals surface area contributed by atoms with Gasteiger partial charge in [-0.05, 0) is 37.0 Å². The number of hydrogen-bond acceptors (Lipinski definition) is 3. The Bertz CT molecular complexity index is 956. The predicted octanol–water partition coefficient (Wildman–Crippen LogP) is 4.86. The average molecular weight is 405 g/mol. The molecule has 2 aromatic rings. The number of carbonyl (C=O) groups is 1. The molecule has 4 nitrogen and oxygen atoms in total. The number of carbonyl (C=O) groups excluding carboxylic acids is 1. The summed E-state index contributed by atoms with van der Waals surface area (Å²) in [4.78, 5) is 12.1. The molecule has 1 aromatic heterocycles. The zero-order valence-electron chi connectivity index (χ0n) is 14.0. The molecule has 5 rings (SSSR count). The van der Waals surface area contributed by atoms with E-state index in [1.807, 2.05) is 0 Å². The van der Waals surface area contributed by atoms with Gasteiger partial charge < -0.3 is 10.2 Å². The van der Waals surface area contributed by atoms with Crippen molar-refractivity contribution in [2.45, 2.75) is 43.5 Å². The second-order valence-electron chi connectivity index (χ2n) is 7.07. The fourth-order valence-corrected chi connectivity index (χ4v) is 4.21. The molecule has 0 saturated heterocycles. The van der Waals surface area contributed by atoms with Gasteiger partial charge in [0.2, 0.25) is 11.8 Å². The molecule has 0 radical (unpaired) electrons. The van der Waals surface area contributed by atoms with Crippen LogP contribution in [0.5, 0.6) is 11.8 Å². The summed E-state index contributed by atoms with van der Waals surface area (Å²) in [6.45, 7) is 0. The quantitative estimate of drug-likeness (QED) is 0.667. The lowest BCUT2D eigenvalue weighted by atomic mass is 9.67. The number of nitrogens with zero attached hydrogens (tertiary/aromatic N) is 1. The Kier molecular flexibility index (Phi) is 3.79. The van der Waals surface area contributed by atoms with E-state index < -0.39 is 52.8 Å². The molecule has 2 N–H and O–H groups in total. The fourth-order valence-electron chi connectivity index (χ4n) is 4.21. The normalized spacial score (nSPS) is 21.9. The highest BCUT2D eigenvalue weighted by atomic mass is 19.4. The third-order valence-electron chi connectivity index (χ3n) is 5.42. The zero-order valence-corrected chi connectivity index (χ0v) is 14.0. The van der Waals surface area contributed by atoms with E-state index in [0.717, 1.165) is 0 Å². The van der Waals surface area contributed by atoms with Gasteiger partial charge in [0.05, 0.1) is 16.8 Å². The van der Waals surface area contributed by atoms with Crippen LogP contribution in [0.3, 0.4) is 0 Å². The van der Waals surface area contributed by atoms with Crippen LogP contribution in [0, 0.1) is 0 Å². The van der Waals surface area contributed by atoms with Gasteiger partial charge in [-0.2, -0.15) is 26.3 Å². The second kappa shape index (κ2) is 5.68. The first-order valence-electron chi connectivity index (χ1n) is 8.38. The van der Waals surface area contributed by atoms with E-state index in [4.69, 9.17) is 0 Å². The van der Waals surface area contributed by atoms with Crippen molar-refractivity contribution in [3.05, 3.63) is 40.5 Å².